The zero-order valence-electron chi connectivity index (χ0n) is 17.4. The lowest BCUT2D eigenvalue weighted by Crippen LogP contribution is -2.30. The molecule has 0 aliphatic heterocycles. The highest BCUT2D eigenvalue weighted by Crippen LogP contribution is 2.25. The predicted molar refractivity (Wildman–Crippen MR) is 111 cm³/mol. The van der Waals surface area contributed by atoms with Gasteiger partial charge in [-0.15, -0.1) is 0 Å². The molecule has 0 fully saturated rings. The number of anilines is 1. The first kappa shape index (κ1) is 22.3. The monoisotopic (exact) mass is 473 g/mol. The number of hydrogen-bond donors (Lipinski definition) is 3. The number of nitrogens with two attached hydrogens (primary N) is 1. The van der Waals surface area contributed by atoms with E-state index in [1.807, 2.05) is 0 Å². The van der Waals surface area contributed by atoms with Gasteiger partial charge in [-0.3, -0.25) is 9.78 Å². The van der Waals surface area contributed by atoms with E-state index < -0.39 is 30.0 Å². The Morgan fingerprint density at radius 3 is 2.68 bits per heavy atom. The number of aromatic nitrogens is 8. The smallest absolute Gasteiger partial charge is 0.450 e. The topological polar surface area (TPSA) is 207 Å². The molecule has 0 bridgehead atoms. The van der Waals surface area contributed by atoms with E-state index in [4.69, 9.17) is 20.0 Å². The molecule has 2 atom stereocenters. The standard InChI is InChI=1S/C18H19N9O7/c19-16-23-13-12(14(28)24-16)22-10-25(13)4-1-11(7-32-18(31)34-27-6-3-21-9-27)15(33-17(29)30)26-5-2-20-8-26/h2-3,5-6,8-11,15H,1,4,7H2,(H,29,30)(H3,19,23,24,28). The van der Waals surface area contributed by atoms with Crippen molar-refractivity contribution in [3.05, 3.63) is 54.1 Å². The zero-order valence-corrected chi connectivity index (χ0v) is 17.4. The number of carbonyl (C=O) groups is 2. The molecule has 0 amide bonds. The molecule has 16 heteroatoms. The number of ether oxygens (including phenoxy) is 2. The van der Waals surface area contributed by atoms with E-state index in [2.05, 4.69) is 24.9 Å². The molecule has 4 heterocycles. The van der Waals surface area contributed by atoms with Crippen LogP contribution in [0.4, 0.5) is 15.5 Å². The number of carbonyl (C=O) groups excluding carboxylic acids is 1. The number of nitrogens with zero attached hydrogens (tertiary/aromatic N) is 7. The van der Waals surface area contributed by atoms with Crippen molar-refractivity contribution in [2.45, 2.75) is 19.2 Å². The Kier molecular flexibility index (Phi) is 6.38. The Morgan fingerprint density at radius 2 is 1.97 bits per heavy atom. The van der Waals surface area contributed by atoms with Gasteiger partial charge < -0.3 is 34.3 Å². The van der Waals surface area contributed by atoms with Crippen LogP contribution in [-0.4, -0.2) is 62.8 Å². The van der Waals surface area contributed by atoms with Crippen molar-refractivity contribution in [3.63, 3.8) is 0 Å². The Bertz CT molecular complexity index is 1310. The lowest BCUT2D eigenvalue weighted by molar-refractivity contribution is -0.0440. The molecule has 0 aliphatic carbocycles. The largest absolute Gasteiger partial charge is 0.533 e. The van der Waals surface area contributed by atoms with Crippen LogP contribution in [0.5, 0.6) is 0 Å². The van der Waals surface area contributed by atoms with Crippen LogP contribution >= 0.6 is 0 Å². The van der Waals surface area contributed by atoms with Crippen molar-refractivity contribution in [2.75, 3.05) is 12.3 Å². The first-order valence-corrected chi connectivity index (χ1v) is 9.81. The Balaban J connectivity index is 1.54. The van der Waals surface area contributed by atoms with Crippen LogP contribution in [0.2, 0.25) is 0 Å². The molecule has 0 radical (unpaired) electrons. The number of nitrogens with one attached hydrogen (secondary N) is 1. The van der Waals surface area contributed by atoms with Gasteiger partial charge in [-0.1, -0.05) is 0 Å². The van der Waals surface area contributed by atoms with E-state index in [9.17, 15) is 19.5 Å². The highest BCUT2D eigenvalue weighted by molar-refractivity contribution is 5.70. The number of hydrogen-bond acceptors (Lipinski definition) is 11. The Labute approximate surface area is 189 Å². The minimum Gasteiger partial charge on any atom is -0.450 e. The maximum absolute atomic E-state index is 12.1. The number of H-pyrrole nitrogens is 1. The molecular weight excluding hydrogens is 454 g/mol. The summed E-state index contributed by atoms with van der Waals surface area (Å²) in [7, 11) is 0. The Morgan fingerprint density at radius 1 is 1.18 bits per heavy atom. The van der Waals surface area contributed by atoms with Crippen molar-refractivity contribution < 1.29 is 29.0 Å². The molecule has 0 aromatic carbocycles. The molecule has 0 spiro atoms. The number of carboxylic acid groups (broad SMARTS) is 1. The van der Waals surface area contributed by atoms with Gasteiger partial charge in [-0.25, -0.2) is 24.5 Å². The van der Waals surface area contributed by atoms with Gasteiger partial charge in [0, 0.05) is 25.1 Å². The quantitative estimate of drug-likeness (QED) is 0.280. The minimum atomic E-state index is -1.53. The summed E-state index contributed by atoms with van der Waals surface area (Å²) in [6, 6.07) is 0. The van der Waals surface area contributed by atoms with Crippen LogP contribution in [-0.2, 0) is 16.0 Å². The molecular formula is C18H19N9O7. The fourth-order valence-electron chi connectivity index (χ4n) is 3.26. The van der Waals surface area contributed by atoms with E-state index in [0.29, 0.717) is 0 Å². The SMILES string of the molecule is Nc1nc2c(ncn2CCC(COC(=O)On2ccnc2)C(OC(=O)O)n2ccnc2)c(=O)[nH]1. The lowest BCUT2D eigenvalue weighted by Gasteiger charge is -2.26. The molecule has 178 valence electrons. The maximum atomic E-state index is 12.1. The molecule has 4 N–H and O–H groups in total. The highest BCUT2D eigenvalue weighted by atomic mass is 16.8. The van der Waals surface area contributed by atoms with Crippen molar-refractivity contribution >= 4 is 29.4 Å². The molecule has 16 nitrogen and oxygen atoms in total. The fourth-order valence-corrected chi connectivity index (χ4v) is 3.26. The number of aryl methyl sites for hydroxylation is 1. The van der Waals surface area contributed by atoms with Gasteiger partial charge in [0.15, 0.2) is 17.4 Å². The van der Waals surface area contributed by atoms with Gasteiger partial charge >= 0.3 is 12.3 Å². The second kappa shape index (κ2) is 9.72. The lowest BCUT2D eigenvalue weighted by atomic mass is 10.0. The van der Waals surface area contributed by atoms with Crippen molar-refractivity contribution in [2.24, 2.45) is 5.92 Å². The molecule has 0 aliphatic rings. The molecule has 4 rings (SSSR count). The summed E-state index contributed by atoms with van der Waals surface area (Å²) < 4.78 is 14.3. The number of rotatable bonds is 9. The third-order valence-corrected chi connectivity index (χ3v) is 4.75. The van der Waals surface area contributed by atoms with E-state index in [1.165, 1.54) is 48.3 Å². The number of aromatic amines is 1. The highest BCUT2D eigenvalue weighted by Gasteiger charge is 2.29. The first-order chi connectivity index (χ1) is 16.4. The van der Waals surface area contributed by atoms with E-state index in [-0.39, 0.29) is 36.7 Å². The number of nitrogen functional groups attached to an aromatic ring is 1. The second-order valence-corrected chi connectivity index (χ2v) is 6.97. The average molecular weight is 473 g/mol. The van der Waals surface area contributed by atoms with Crippen LogP contribution in [0.3, 0.4) is 0 Å². The van der Waals surface area contributed by atoms with E-state index in [0.717, 1.165) is 4.73 Å². The van der Waals surface area contributed by atoms with Crippen LogP contribution in [0, 0.1) is 5.92 Å². The summed E-state index contributed by atoms with van der Waals surface area (Å²) in [6.07, 6.45) is 6.37. The van der Waals surface area contributed by atoms with Gasteiger partial charge in [0.05, 0.1) is 24.8 Å². The normalized spacial score (nSPS) is 12.8. The van der Waals surface area contributed by atoms with Crippen molar-refractivity contribution in [3.8, 4) is 0 Å². The number of imidazole rings is 3. The van der Waals surface area contributed by atoms with Crippen LogP contribution in [0.15, 0.2) is 48.6 Å². The molecule has 4 aromatic rings. The summed E-state index contributed by atoms with van der Waals surface area (Å²) in [6.45, 7) is -0.0579. The third-order valence-electron chi connectivity index (χ3n) is 4.75. The predicted octanol–water partition coefficient (Wildman–Crippen LogP) is 0.260. The molecule has 34 heavy (non-hydrogen) atoms. The summed E-state index contributed by atoms with van der Waals surface area (Å²) in [4.78, 5) is 58.6. The van der Waals surface area contributed by atoms with Crippen molar-refractivity contribution in [1.82, 2.24) is 38.8 Å². The second-order valence-electron chi connectivity index (χ2n) is 6.97. The molecule has 0 saturated heterocycles. The molecule has 0 saturated carbocycles. The van der Waals surface area contributed by atoms with E-state index in [1.54, 1.807) is 4.57 Å². The van der Waals surface area contributed by atoms with E-state index >= 15 is 0 Å². The van der Waals surface area contributed by atoms with Crippen LogP contribution in [0.1, 0.15) is 12.6 Å². The van der Waals surface area contributed by atoms with Crippen LogP contribution in [0.25, 0.3) is 11.2 Å². The summed E-state index contributed by atoms with van der Waals surface area (Å²) in [5.74, 6) is -0.774. The van der Waals surface area contributed by atoms with Gasteiger partial charge in [-0.05, 0) is 6.42 Å². The zero-order chi connectivity index (χ0) is 24.1. The fraction of sp³-hybridized carbons (Fsp3) is 0.278. The summed E-state index contributed by atoms with van der Waals surface area (Å²) in [5, 5.41) is 9.26. The maximum Gasteiger partial charge on any atom is 0.533 e. The van der Waals surface area contributed by atoms with Gasteiger partial charge in [-0.2, -0.15) is 9.71 Å². The Hall–Kier alpha value is -4.89. The van der Waals surface area contributed by atoms with Crippen LogP contribution < -0.4 is 16.1 Å². The van der Waals surface area contributed by atoms with Gasteiger partial charge in [0.2, 0.25) is 5.95 Å². The summed E-state index contributed by atoms with van der Waals surface area (Å²) in [5.41, 5.74) is 5.48. The first-order valence-electron chi connectivity index (χ1n) is 9.81. The average Bonchev–Trinajstić information content (AvgIpc) is 3.55. The summed E-state index contributed by atoms with van der Waals surface area (Å²) >= 11 is 0. The van der Waals surface area contributed by atoms with Crippen molar-refractivity contribution in [1.29, 1.82) is 0 Å². The molecule has 4 aromatic heterocycles. The van der Waals surface area contributed by atoms with Gasteiger partial charge in [0.1, 0.15) is 12.9 Å². The third kappa shape index (κ3) is 5.12. The number of fused-ring (bicyclic) bond motifs is 1. The molecule has 2 unspecified atom stereocenters. The van der Waals surface area contributed by atoms with Gasteiger partial charge in [0.25, 0.3) is 5.56 Å². The minimum absolute atomic E-state index is 0.0770.